The van der Waals surface area contributed by atoms with E-state index in [1.54, 1.807) is 57.7 Å². The predicted octanol–water partition coefficient (Wildman–Crippen LogP) is 4.25. The number of rotatable bonds is 12. The highest BCUT2D eigenvalue weighted by Crippen LogP contribution is 2.59. The van der Waals surface area contributed by atoms with E-state index in [9.17, 15) is 30.0 Å². The van der Waals surface area contributed by atoms with Crippen LogP contribution < -0.4 is 37.9 Å². The van der Waals surface area contributed by atoms with Crippen LogP contribution in [-0.4, -0.2) is 203 Å². The zero-order valence-corrected chi connectivity index (χ0v) is 50.6. The van der Waals surface area contributed by atoms with Gasteiger partial charge in [0.2, 0.25) is 25.1 Å². The summed E-state index contributed by atoms with van der Waals surface area (Å²) in [5.41, 5.74) is 4.38. The van der Waals surface area contributed by atoms with Crippen LogP contribution in [0.15, 0.2) is 48.5 Å². The van der Waals surface area contributed by atoms with Gasteiger partial charge in [-0.05, 0) is 95.8 Å². The quantitative estimate of drug-likeness (QED) is 0.144. The lowest BCUT2D eigenvalue weighted by Gasteiger charge is -2.49. The number of methoxy groups -OCH3 is 8. The van der Waals surface area contributed by atoms with Gasteiger partial charge in [-0.1, -0.05) is 0 Å². The zero-order chi connectivity index (χ0) is 62.7. The van der Waals surface area contributed by atoms with Gasteiger partial charge in [-0.15, -0.1) is 0 Å². The average Bonchev–Trinajstić information content (AvgIpc) is 1.83. The summed E-state index contributed by atoms with van der Waals surface area (Å²) in [4.78, 5) is 26.2. The monoisotopic (exact) mass is 1250 g/mol. The molecule has 4 aromatic rings. The van der Waals surface area contributed by atoms with E-state index in [1.807, 2.05) is 26.0 Å². The van der Waals surface area contributed by atoms with Gasteiger partial charge in [-0.3, -0.25) is 9.59 Å². The van der Waals surface area contributed by atoms with E-state index >= 15 is 0 Å². The molecule has 14 rings (SSSR count). The van der Waals surface area contributed by atoms with E-state index in [4.69, 9.17) is 99.5 Å². The molecule has 89 heavy (non-hydrogen) atoms. The number of carbonyl (C=O) groups excluding carboxylic acids is 2. The second kappa shape index (κ2) is 25.9. The van der Waals surface area contributed by atoms with Gasteiger partial charge in [-0.2, -0.15) is 0 Å². The number of hydrogen-bond acceptors (Lipinski definition) is 27. The molecule has 10 aliphatic rings. The minimum absolute atomic E-state index is 0.0681. The van der Waals surface area contributed by atoms with Crippen molar-refractivity contribution in [3.63, 3.8) is 0 Å². The molecule has 6 fully saturated rings. The summed E-state index contributed by atoms with van der Waals surface area (Å²) in [6, 6.07) is 14.1. The second-order valence-electron chi connectivity index (χ2n) is 22.7. The largest absolute Gasteiger partial charge is 0.502 e. The summed E-state index contributed by atoms with van der Waals surface area (Å²) in [6.45, 7) is 4.76. The summed E-state index contributed by atoms with van der Waals surface area (Å²) in [7, 11) is 12.0. The SMILES string of the molecule is COC1C(O)OC2COC(C)OC2C1OC.COc1cc([C@@H]2c3cc4c(cc3C(O)[C@H]3COC(=O)C23)OCO4)cc(OC)c1O.COc1cc([C@@H]2c3cc4c(cc3C(OC3OC5COC(C)OC5C(OC)C3OC)[C@H]3COC(=O)C23)OCO4)cc(OC)c1O. The lowest BCUT2D eigenvalue weighted by atomic mass is 9.66. The molecule has 4 aromatic carbocycles. The third-order valence-electron chi connectivity index (χ3n) is 18.2. The van der Waals surface area contributed by atoms with Gasteiger partial charge in [0.05, 0.1) is 78.9 Å². The Morgan fingerprint density at radius 2 is 0.854 bits per heavy atom. The van der Waals surface area contributed by atoms with Gasteiger partial charge < -0.3 is 120 Å². The highest BCUT2D eigenvalue weighted by molar-refractivity contribution is 5.80. The summed E-state index contributed by atoms with van der Waals surface area (Å²) in [5, 5.41) is 41.6. The molecule has 4 N–H and O–H groups in total. The van der Waals surface area contributed by atoms with Crippen molar-refractivity contribution in [1.29, 1.82) is 0 Å². The molecular weight excluding hydrogens is 1180 g/mol. The number of phenols is 2. The Kier molecular flexibility index (Phi) is 18.2. The Morgan fingerprint density at radius 3 is 1.31 bits per heavy atom. The number of benzene rings is 4. The average molecular weight is 1250 g/mol. The number of hydrogen-bond donors (Lipinski definition) is 4. The minimum atomic E-state index is -1.02. The first-order valence-electron chi connectivity index (χ1n) is 29.1. The summed E-state index contributed by atoms with van der Waals surface area (Å²) in [6.07, 6.45) is -7.68. The van der Waals surface area contributed by atoms with E-state index < -0.39 is 97.1 Å². The van der Waals surface area contributed by atoms with Gasteiger partial charge in [0.25, 0.3) is 0 Å². The van der Waals surface area contributed by atoms with Crippen LogP contribution in [0.5, 0.6) is 57.5 Å². The summed E-state index contributed by atoms with van der Waals surface area (Å²) in [5.74, 6) is -0.856. The summed E-state index contributed by atoms with van der Waals surface area (Å²) >= 11 is 0. The lowest BCUT2D eigenvalue weighted by Crippen LogP contribution is -2.64. The number of fused-ring (bicyclic) bond motifs is 8. The first-order valence-corrected chi connectivity index (χ1v) is 29.1. The Labute approximate surface area is 511 Å². The molecule has 2 aliphatic carbocycles. The molecule has 6 saturated heterocycles. The molecule has 0 bridgehead atoms. The van der Waals surface area contributed by atoms with Crippen LogP contribution in [0.1, 0.15) is 71.3 Å². The van der Waals surface area contributed by atoms with Gasteiger partial charge >= 0.3 is 11.9 Å². The minimum Gasteiger partial charge on any atom is -0.502 e. The third-order valence-corrected chi connectivity index (χ3v) is 18.2. The number of cyclic esters (lactones) is 2. The van der Waals surface area contributed by atoms with Crippen molar-refractivity contribution in [2.24, 2.45) is 23.7 Å². The van der Waals surface area contributed by atoms with E-state index in [0.717, 1.165) is 16.7 Å². The van der Waals surface area contributed by atoms with Crippen molar-refractivity contribution in [2.75, 3.05) is 96.9 Å². The zero-order valence-electron chi connectivity index (χ0n) is 50.6. The Morgan fingerprint density at radius 1 is 0.449 bits per heavy atom. The molecule has 0 spiro atoms. The maximum atomic E-state index is 13.5. The van der Waals surface area contributed by atoms with Crippen molar-refractivity contribution >= 4 is 11.9 Å². The molecule has 0 saturated carbocycles. The number of carbonyl (C=O) groups is 2. The maximum Gasteiger partial charge on any atom is 0.310 e. The van der Waals surface area contributed by atoms with Crippen molar-refractivity contribution in [3.05, 3.63) is 81.9 Å². The molecule has 27 heteroatoms. The van der Waals surface area contributed by atoms with Gasteiger partial charge in [0.1, 0.15) is 48.8 Å². The van der Waals surface area contributed by atoms with Crippen molar-refractivity contribution < 1.29 is 129 Å². The van der Waals surface area contributed by atoms with Crippen molar-refractivity contribution in [3.8, 4) is 57.5 Å². The highest BCUT2D eigenvalue weighted by atomic mass is 16.8. The maximum absolute atomic E-state index is 13.5. The fourth-order valence-corrected chi connectivity index (χ4v) is 14.0. The summed E-state index contributed by atoms with van der Waals surface area (Å²) < 4.78 is 119. The number of phenolic OH excluding ortho intramolecular Hbond substituents is 2. The van der Waals surface area contributed by atoms with Crippen LogP contribution in [0.4, 0.5) is 0 Å². The van der Waals surface area contributed by atoms with Gasteiger partial charge in [0, 0.05) is 52.1 Å². The fourth-order valence-electron chi connectivity index (χ4n) is 14.0. The van der Waals surface area contributed by atoms with Crippen LogP contribution in [0.3, 0.4) is 0 Å². The lowest BCUT2D eigenvalue weighted by molar-refractivity contribution is -0.369. The smallest absolute Gasteiger partial charge is 0.310 e. The van der Waals surface area contributed by atoms with Crippen LogP contribution in [0, 0.1) is 23.7 Å². The first kappa shape index (κ1) is 62.5. The van der Waals surface area contributed by atoms with E-state index in [0.29, 0.717) is 52.9 Å². The molecule has 8 aliphatic heterocycles. The number of aliphatic hydroxyl groups is 2. The number of aliphatic hydroxyl groups excluding tert-OH is 2. The van der Waals surface area contributed by atoms with Gasteiger partial charge in [-0.25, -0.2) is 0 Å². The molecule has 0 amide bonds. The van der Waals surface area contributed by atoms with Crippen molar-refractivity contribution in [2.45, 2.75) is 112 Å². The standard InChI is InChI=1S/C31H36O13.C21H20O8.C10H18O6/c1-13-38-11-22-27(42-13)28(36-4)29(37-5)31(43-22)44-26-16-9-19-18(40-12-41-19)8-15(16)23(24-17(26)10-39-30(24)33)14-6-20(34-2)25(32)21(7-14)35-3;1-25-15-3-9(4-16(26-2)20(15)23)17-10-5-13-14(29-8-28-13)6-11(10)19(22)12-7-27-21(24)18(12)17;1-5-14-4-6-7(15-5)8(12-2)9(13-3)10(11)16-6/h6-9,13,17,22-24,26-29,31-32H,10-12H2,1-5H3;3-6,12,17-19,22-23H,7-8H2,1-2H3;5-11H,4H2,1-3H3/t13?,17-,22?,23+,24?,26?,27?,28?,29?,31?;12-,17+,18?,19?;/m00./s1. The Hall–Kier alpha value is -6.70. The fraction of sp³-hybridized carbons (Fsp3) is 0.581. The molecule has 8 heterocycles. The topological polar surface area (TPSA) is 309 Å². The molecule has 0 radical (unpaired) electrons. The normalized spacial score (nSPS) is 34.9. The molecule has 16 unspecified atom stereocenters. The van der Waals surface area contributed by atoms with Crippen LogP contribution in [-0.2, 0) is 71.2 Å². The van der Waals surface area contributed by atoms with Gasteiger partial charge in [0.15, 0.2) is 71.2 Å². The van der Waals surface area contributed by atoms with Crippen LogP contribution in [0.2, 0.25) is 0 Å². The van der Waals surface area contributed by atoms with E-state index in [1.165, 1.54) is 35.5 Å². The number of aromatic hydroxyl groups is 2. The molecule has 484 valence electrons. The highest BCUT2D eigenvalue weighted by Gasteiger charge is 2.58. The van der Waals surface area contributed by atoms with E-state index in [2.05, 4.69) is 0 Å². The van der Waals surface area contributed by atoms with Crippen LogP contribution in [0.25, 0.3) is 0 Å². The van der Waals surface area contributed by atoms with Crippen LogP contribution >= 0.6 is 0 Å². The Bertz CT molecular complexity index is 3180. The first-order chi connectivity index (χ1) is 43.1. The molecule has 27 nitrogen and oxygen atoms in total. The number of ether oxygens (including phenoxy) is 21. The predicted molar refractivity (Wildman–Crippen MR) is 299 cm³/mol. The van der Waals surface area contributed by atoms with E-state index in [-0.39, 0.29) is 97.8 Å². The third kappa shape index (κ3) is 11.2. The number of esters is 2. The second-order valence-corrected chi connectivity index (χ2v) is 22.7. The Balaban J connectivity index is 0.000000146. The van der Waals surface area contributed by atoms with Crippen molar-refractivity contribution in [1.82, 2.24) is 0 Å². The molecular formula is C62H74O27. The molecule has 0 aromatic heterocycles. The molecule has 20 atom stereocenters.